The van der Waals surface area contributed by atoms with Crippen LogP contribution in [0.2, 0.25) is 0 Å². The number of likely N-dealkylation sites (N-methyl/N-ethyl adjacent to an activating group) is 1. The lowest BCUT2D eigenvalue weighted by Crippen LogP contribution is -2.34. The SMILES string of the molecule is CCNCCNC(=O)COc1ccc(I)cc1. The maximum Gasteiger partial charge on any atom is 0.257 e. The van der Waals surface area contributed by atoms with Crippen molar-refractivity contribution in [2.45, 2.75) is 6.92 Å². The molecule has 5 heteroatoms. The summed E-state index contributed by atoms with van der Waals surface area (Å²) in [6.07, 6.45) is 0. The van der Waals surface area contributed by atoms with Gasteiger partial charge in [-0.25, -0.2) is 0 Å². The van der Waals surface area contributed by atoms with Gasteiger partial charge in [0, 0.05) is 16.7 Å². The van der Waals surface area contributed by atoms with E-state index in [1.54, 1.807) is 0 Å². The summed E-state index contributed by atoms with van der Waals surface area (Å²) in [5.41, 5.74) is 0. The first kappa shape index (κ1) is 14.2. The van der Waals surface area contributed by atoms with Crippen molar-refractivity contribution in [3.05, 3.63) is 27.8 Å². The Bertz CT molecular complexity index is 341. The summed E-state index contributed by atoms with van der Waals surface area (Å²) in [6.45, 7) is 4.41. The molecule has 0 aliphatic heterocycles. The molecule has 0 atom stereocenters. The monoisotopic (exact) mass is 348 g/mol. The molecule has 0 radical (unpaired) electrons. The van der Waals surface area contributed by atoms with Gasteiger partial charge in [-0.15, -0.1) is 0 Å². The minimum atomic E-state index is -0.0959. The van der Waals surface area contributed by atoms with Gasteiger partial charge in [-0.2, -0.15) is 0 Å². The standard InChI is InChI=1S/C12H17IN2O2/c1-2-14-7-8-15-12(16)9-17-11-5-3-10(13)4-6-11/h3-6,14H,2,7-9H2,1H3,(H,15,16). The highest BCUT2D eigenvalue weighted by Gasteiger charge is 2.01. The number of amides is 1. The number of carbonyl (C=O) groups excluding carboxylic acids is 1. The summed E-state index contributed by atoms with van der Waals surface area (Å²) < 4.78 is 6.49. The van der Waals surface area contributed by atoms with Gasteiger partial charge >= 0.3 is 0 Å². The van der Waals surface area contributed by atoms with E-state index in [1.165, 1.54) is 0 Å². The lowest BCUT2D eigenvalue weighted by molar-refractivity contribution is -0.123. The maximum atomic E-state index is 11.4. The maximum absolute atomic E-state index is 11.4. The molecule has 94 valence electrons. The number of nitrogens with one attached hydrogen (secondary N) is 2. The van der Waals surface area contributed by atoms with Gasteiger partial charge in [0.1, 0.15) is 5.75 Å². The third-order valence-electron chi connectivity index (χ3n) is 2.06. The molecule has 1 rings (SSSR count). The van der Waals surface area contributed by atoms with Crippen molar-refractivity contribution < 1.29 is 9.53 Å². The molecular weight excluding hydrogens is 331 g/mol. The molecule has 4 nitrogen and oxygen atoms in total. The van der Waals surface area contributed by atoms with Crippen LogP contribution < -0.4 is 15.4 Å². The second kappa shape index (κ2) is 8.30. The highest BCUT2D eigenvalue weighted by molar-refractivity contribution is 14.1. The number of hydrogen-bond donors (Lipinski definition) is 2. The van der Waals surface area contributed by atoms with Crippen LogP contribution in [-0.2, 0) is 4.79 Å². The second-order valence-electron chi connectivity index (χ2n) is 3.45. The molecule has 1 amide bonds. The van der Waals surface area contributed by atoms with E-state index >= 15 is 0 Å². The average Bonchev–Trinajstić information content (AvgIpc) is 2.34. The van der Waals surface area contributed by atoms with Crippen molar-refractivity contribution in [1.29, 1.82) is 0 Å². The second-order valence-corrected chi connectivity index (χ2v) is 4.69. The van der Waals surface area contributed by atoms with Crippen LogP contribution in [0, 0.1) is 3.57 Å². The predicted octanol–water partition coefficient (Wildman–Crippen LogP) is 1.40. The topological polar surface area (TPSA) is 50.4 Å². The van der Waals surface area contributed by atoms with Crippen LogP contribution in [0.1, 0.15) is 6.92 Å². The quantitative estimate of drug-likeness (QED) is 0.579. The van der Waals surface area contributed by atoms with Gasteiger partial charge in [-0.1, -0.05) is 6.92 Å². The Morgan fingerprint density at radius 2 is 2.00 bits per heavy atom. The molecule has 2 N–H and O–H groups in total. The highest BCUT2D eigenvalue weighted by Crippen LogP contribution is 2.12. The van der Waals surface area contributed by atoms with Crippen LogP contribution in [0.15, 0.2) is 24.3 Å². The molecule has 0 bridgehead atoms. The smallest absolute Gasteiger partial charge is 0.257 e. The third-order valence-corrected chi connectivity index (χ3v) is 2.78. The third kappa shape index (κ3) is 6.48. The molecule has 0 spiro atoms. The lowest BCUT2D eigenvalue weighted by Gasteiger charge is -2.07. The number of ether oxygens (including phenoxy) is 1. The van der Waals surface area contributed by atoms with Crippen molar-refractivity contribution in [3.8, 4) is 5.75 Å². The van der Waals surface area contributed by atoms with E-state index in [9.17, 15) is 4.79 Å². The van der Waals surface area contributed by atoms with Crippen LogP contribution in [0.3, 0.4) is 0 Å². The molecule has 0 aliphatic rings. The molecule has 1 aromatic rings. The molecular formula is C12H17IN2O2. The number of benzene rings is 1. The zero-order valence-electron chi connectivity index (χ0n) is 9.83. The highest BCUT2D eigenvalue weighted by atomic mass is 127. The van der Waals surface area contributed by atoms with E-state index in [0.717, 1.165) is 16.7 Å². The van der Waals surface area contributed by atoms with Gasteiger partial charge in [0.05, 0.1) is 0 Å². The average molecular weight is 348 g/mol. The first-order valence-electron chi connectivity index (χ1n) is 5.58. The first-order valence-corrected chi connectivity index (χ1v) is 6.66. The van der Waals surface area contributed by atoms with Crippen LogP contribution in [-0.4, -0.2) is 32.1 Å². The Labute approximate surface area is 115 Å². The summed E-state index contributed by atoms with van der Waals surface area (Å²) in [6, 6.07) is 7.60. The zero-order chi connectivity index (χ0) is 12.5. The molecule has 0 fully saturated rings. The minimum absolute atomic E-state index is 0.0622. The van der Waals surface area contributed by atoms with Crippen molar-refractivity contribution in [3.63, 3.8) is 0 Å². The van der Waals surface area contributed by atoms with Gasteiger partial charge < -0.3 is 15.4 Å². The van der Waals surface area contributed by atoms with E-state index in [1.807, 2.05) is 31.2 Å². The van der Waals surface area contributed by atoms with Gasteiger partial charge in [-0.3, -0.25) is 4.79 Å². The van der Waals surface area contributed by atoms with Crippen molar-refractivity contribution >= 4 is 28.5 Å². The largest absolute Gasteiger partial charge is 0.484 e. The van der Waals surface area contributed by atoms with E-state index in [0.29, 0.717) is 12.3 Å². The van der Waals surface area contributed by atoms with Crippen molar-refractivity contribution in [2.75, 3.05) is 26.2 Å². The molecule has 0 heterocycles. The van der Waals surface area contributed by atoms with E-state index in [2.05, 4.69) is 33.2 Å². The van der Waals surface area contributed by atoms with E-state index in [-0.39, 0.29) is 12.5 Å². The summed E-state index contributed by atoms with van der Waals surface area (Å²) in [7, 11) is 0. The van der Waals surface area contributed by atoms with Gasteiger partial charge in [-0.05, 0) is 53.4 Å². The van der Waals surface area contributed by atoms with E-state index < -0.39 is 0 Å². The molecule has 0 aromatic heterocycles. The van der Waals surface area contributed by atoms with Crippen molar-refractivity contribution in [2.24, 2.45) is 0 Å². The summed E-state index contributed by atoms with van der Waals surface area (Å²) in [5.74, 6) is 0.619. The Morgan fingerprint density at radius 1 is 1.29 bits per heavy atom. The Kier molecular flexibility index (Phi) is 6.95. The molecule has 1 aromatic carbocycles. The van der Waals surface area contributed by atoms with Crippen LogP contribution >= 0.6 is 22.6 Å². The Balaban J connectivity index is 2.17. The summed E-state index contributed by atoms with van der Waals surface area (Å²) >= 11 is 2.22. The zero-order valence-corrected chi connectivity index (χ0v) is 12.0. The van der Waals surface area contributed by atoms with Gasteiger partial charge in [0.2, 0.25) is 0 Å². The molecule has 0 unspecified atom stereocenters. The van der Waals surface area contributed by atoms with E-state index in [4.69, 9.17) is 4.74 Å². The number of carbonyl (C=O) groups is 1. The fraction of sp³-hybridized carbons (Fsp3) is 0.417. The Morgan fingerprint density at radius 3 is 2.65 bits per heavy atom. The first-order chi connectivity index (χ1) is 8.22. The van der Waals surface area contributed by atoms with Crippen LogP contribution in [0.5, 0.6) is 5.75 Å². The molecule has 0 saturated carbocycles. The lowest BCUT2D eigenvalue weighted by atomic mass is 10.3. The number of rotatable bonds is 7. The van der Waals surface area contributed by atoms with Crippen LogP contribution in [0.4, 0.5) is 0 Å². The molecule has 0 saturated heterocycles. The molecule has 0 aliphatic carbocycles. The number of hydrogen-bond acceptors (Lipinski definition) is 3. The fourth-order valence-corrected chi connectivity index (χ4v) is 1.56. The normalized spacial score (nSPS) is 10.0. The summed E-state index contributed by atoms with van der Waals surface area (Å²) in [4.78, 5) is 11.4. The fourth-order valence-electron chi connectivity index (χ4n) is 1.20. The number of halogens is 1. The van der Waals surface area contributed by atoms with Gasteiger partial charge in [0.25, 0.3) is 5.91 Å². The Hall–Kier alpha value is -0.820. The minimum Gasteiger partial charge on any atom is -0.484 e. The van der Waals surface area contributed by atoms with Crippen molar-refractivity contribution in [1.82, 2.24) is 10.6 Å². The summed E-state index contributed by atoms with van der Waals surface area (Å²) in [5, 5.41) is 5.90. The van der Waals surface area contributed by atoms with Crippen LogP contribution in [0.25, 0.3) is 0 Å². The van der Waals surface area contributed by atoms with Gasteiger partial charge in [0.15, 0.2) is 6.61 Å². The predicted molar refractivity (Wildman–Crippen MR) is 76.2 cm³/mol. The molecule has 17 heavy (non-hydrogen) atoms.